The lowest BCUT2D eigenvalue weighted by Gasteiger charge is -2.37. The number of hydrogen-bond donors (Lipinski definition) is 1. The molecule has 0 aliphatic carbocycles. The van der Waals surface area contributed by atoms with Crippen molar-refractivity contribution in [2.45, 2.75) is 67.4 Å². The van der Waals surface area contributed by atoms with Crippen LogP contribution in [-0.4, -0.2) is 76.7 Å². The van der Waals surface area contributed by atoms with Crippen molar-refractivity contribution in [1.29, 1.82) is 0 Å². The number of thioether (sulfide) groups is 1. The van der Waals surface area contributed by atoms with E-state index in [9.17, 15) is 14.4 Å². The second kappa shape index (κ2) is 12.8. The number of unbranched alkanes of at least 4 members (excludes halogenated alkanes) is 3. The number of nitrogens with zero attached hydrogens (tertiary/aromatic N) is 2. The van der Waals surface area contributed by atoms with Crippen LogP contribution in [0, 0.1) is 11.8 Å². The summed E-state index contributed by atoms with van der Waals surface area (Å²) in [5.74, 6) is -1.17. The summed E-state index contributed by atoms with van der Waals surface area (Å²) >= 11 is 1.65. The number of benzene rings is 1. The second-order valence-electron chi connectivity index (χ2n) is 11.1. The summed E-state index contributed by atoms with van der Waals surface area (Å²) in [6.07, 6.45) is 8.48. The van der Waals surface area contributed by atoms with Gasteiger partial charge in [-0.15, -0.1) is 24.9 Å². The van der Waals surface area contributed by atoms with Gasteiger partial charge in [-0.25, -0.2) is 0 Å². The number of fused-ring (bicyclic) bond motifs is 1. The monoisotopic (exact) mass is 570 g/mol. The highest BCUT2D eigenvalue weighted by Crippen LogP contribution is 2.71. The second-order valence-corrected chi connectivity index (χ2v) is 13.0. The molecule has 2 unspecified atom stereocenters. The van der Waals surface area contributed by atoms with E-state index in [1.54, 1.807) is 40.8 Å². The number of esters is 1. The average molecular weight is 571 g/mol. The van der Waals surface area contributed by atoms with Gasteiger partial charge in [-0.3, -0.25) is 14.4 Å². The molecule has 2 amide bonds. The topological polar surface area (TPSA) is 96.4 Å². The van der Waals surface area contributed by atoms with Crippen LogP contribution in [0.4, 0.5) is 5.69 Å². The molecule has 2 bridgehead atoms. The molecule has 3 heterocycles. The van der Waals surface area contributed by atoms with Crippen LogP contribution in [0.1, 0.15) is 51.9 Å². The van der Waals surface area contributed by atoms with Crippen LogP contribution in [0.15, 0.2) is 49.6 Å². The molecule has 0 aromatic heterocycles. The van der Waals surface area contributed by atoms with Gasteiger partial charge in [-0.2, -0.15) is 0 Å². The van der Waals surface area contributed by atoms with Crippen molar-refractivity contribution in [2.24, 2.45) is 11.8 Å². The molecule has 4 rings (SSSR count). The van der Waals surface area contributed by atoms with E-state index >= 15 is 0 Å². The first kappa shape index (κ1) is 30.2. The quantitative estimate of drug-likeness (QED) is 0.190. The minimum Gasteiger partial charge on any atom is -0.497 e. The number of anilines is 1. The molecular weight excluding hydrogens is 528 g/mol. The normalized spacial score (nSPS) is 28.3. The van der Waals surface area contributed by atoms with Crippen molar-refractivity contribution in [3.05, 3.63) is 49.6 Å². The SMILES string of the molecule is C=CCCOC(=O)[C@@H]1[C@H]2C(=O)N(CCCCCCO)C(C(=O)N(CC=C)c3ccc(OC)cc3)C23CC[C@@]1(C)S3. The molecule has 218 valence electrons. The number of methoxy groups -OCH3 is 1. The third kappa shape index (κ3) is 5.42. The Bertz CT molecular complexity index is 1110. The molecule has 3 aliphatic heterocycles. The standard InChI is InChI=1S/C31H42N2O6S/c1-5-7-21-39-29(37)25-24-27(35)33(19-10-8-9-11-20-34)26(31(24)17-16-30(25,3)40-31)28(36)32(18-6-2)22-12-14-23(38-4)15-13-22/h5-6,12-15,24-26,34H,1-2,7-11,16-21H2,3-4H3/t24-,25-,26?,30+,31?/m0/s1. The van der Waals surface area contributed by atoms with Crippen molar-refractivity contribution in [2.75, 3.05) is 38.3 Å². The van der Waals surface area contributed by atoms with E-state index in [1.807, 2.05) is 31.2 Å². The maximum atomic E-state index is 14.6. The van der Waals surface area contributed by atoms with Gasteiger partial charge in [0.25, 0.3) is 5.91 Å². The van der Waals surface area contributed by atoms with Gasteiger partial charge in [-0.1, -0.05) is 25.0 Å². The Morgan fingerprint density at radius 1 is 1.15 bits per heavy atom. The lowest BCUT2D eigenvalue weighted by Crippen LogP contribution is -2.55. The summed E-state index contributed by atoms with van der Waals surface area (Å²) in [5, 5.41) is 9.17. The lowest BCUT2D eigenvalue weighted by molar-refractivity contribution is -0.155. The average Bonchev–Trinajstić information content (AvgIpc) is 3.52. The summed E-state index contributed by atoms with van der Waals surface area (Å²) in [6.45, 7) is 10.7. The number of amides is 2. The van der Waals surface area contributed by atoms with Crippen LogP contribution in [0.25, 0.3) is 0 Å². The van der Waals surface area contributed by atoms with Crippen molar-refractivity contribution in [3.8, 4) is 5.75 Å². The highest BCUT2D eigenvalue weighted by atomic mass is 32.2. The van der Waals surface area contributed by atoms with Gasteiger partial charge in [0, 0.05) is 30.1 Å². The van der Waals surface area contributed by atoms with E-state index in [-0.39, 0.29) is 37.5 Å². The maximum absolute atomic E-state index is 14.6. The van der Waals surface area contributed by atoms with Crippen LogP contribution in [0.2, 0.25) is 0 Å². The Morgan fingerprint density at radius 2 is 1.88 bits per heavy atom. The Balaban J connectivity index is 1.70. The van der Waals surface area contributed by atoms with Gasteiger partial charge in [0.05, 0.1) is 30.3 Å². The predicted octanol–water partition coefficient (Wildman–Crippen LogP) is 4.37. The largest absolute Gasteiger partial charge is 0.497 e. The van der Waals surface area contributed by atoms with Crippen molar-refractivity contribution in [1.82, 2.24) is 4.90 Å². The van der Waals surface area contributed by atoms with Crippen molar-refractivity contribution in [3.63, 3.8) is 0 Å². The minimum absolute atomic E-state index is 0.129. The first-order chi connectivity index (χ1) is 19.3. The highest BCUT2D eigenvalue weighted by Gasteiger charge is 2.77. The zero-order valence-corrected chi connectivity index (χ0v) is 24.5. The molecule has 1 aromatic rings. The number of carbonyl (C=O) groups is 3. The Morgan fingerprint density at radius 3 is 2.52 bits per heavy atom. The number of rotatable bonds is 15. The number of aliphatic hydroxyl groups excluding tert-OH is 1. The van der Waals surface area contributed by atoms with E-state index in [0.717, 1.165) is 25.7 Å². The molecule has 0 saturated carbocycles. The minimum atomic E-state index is -0.706. The van der Waals surface area contributed by atoms with Gasteiger partial charge >= 0.3 is 5.97 Å². The van der Waals surface area contributed by atoms with Gasteiger partial charge in [0.15, 0.2) is 0 Å². The third-order valence-electron chi connectivity index (χ3n) is 8.60. The van der Waals surface area contributed by atoms with Crippen LogP contribution >= 0.6 is 11.8 Å². The molecule has 1 spiro atoms. The van der Waals surface area contributed by atoms with Gasteiger partial charge < -0.3 is 24.4 Å². The molecule has 5 atom stereocenters. The molecule has 1 N–H and O–H groups in total. The van der Waals surface area contributed by atoms with E-state index < -0.39 is 27.4 Å². The van der Waals surface area contributed by atoms with E-state index in [0.29, 0.717) is 37.2 Å². The number of carbonyl (C=O) groups excluding carboxylic acids is 3. The molecule has 3 saturated heterocycles. The maximum Gasteiger partial charge on any atom is 0.311 e. The number of hydrogen-bond acceptors (Lipinski definition) is 7. The number of aliphatic hydroxyl groups is 1. The summed E-state index contributed by atoms with van der Waals surface area (Å²) < 4.78 is 9.76. The molecule has 0 radical (unpaired) electrons. The van der Waals surface area contributed by atoms with Crippen LogP contribution in [-0.2, 0) is 19.1 Å². The van der Waals surface area contributed by atoms with Crippen molar-refractivity contribution < 1.29 is 29.0 Å². The van der Waals surface area contributed by atoms with Gasteiger partial charge in [0.2, 0.25) is 5.91 Å². The van der Waals surface area contributed by atoms with E-state index in [1.165, 1.54) is 0 Å². The van der Waals surface area contributed by atoms with E-state index in [2.05, 4.69) is 13.2 Å². The molecule has 40 heavy (non-hydrogen) atoms. The summed E-state index contributed by atoms with van der Waals surface area (Å²) in [4.78, 5) is 45.7. The zero-order valence-electron chi connectivity index (χ0n) is 23.7. The fraction of sp³-hybridized carbons (Fsp3) is 0.581. The Labute approximate surface area is 241 Å². The molecule has 3 aliphatic rings. The number of ether oxygens (including phenoxy) is 2. The van der Waals surface area contributed by atoms with E-state index in [4.69, 9.17) is 14.6 Å². The van der Waals surface area contributed by atoms with Crippen molar-refractivity contribution >= 4 is 35.2 Å². The fourth-order valence-electron chi connectivity index (χ4n) is 6.74. The number of likely N-dealkylation sites (tertiary alicyclic amines) is 1. The van der Waals surface area contributed by atoms with Gasteiger partial charge in [0.1, 0.15) is 11.8 Å². The lowest BCUT2D eigenvalue weighted by atomic mass is 9.66. The first-order valence-electron chi connectivity index (χ1n) is 14.2. The summed E-state index contributed by atoms with van der Waals surface area (Å²) in [6, 6.07) is 6.59. The zero-order chi connectivity index (χ0) is 28.9. The fourth-order valence-corrected chi connectivity index (χ4v) is 9.08. The Kier molecular flexibility index (Phi) is 9.67. The van der Waals surface area contributed by atoms with Crippen LogP contribution < -0.4 is 9.64 Å². The van der Waals surface area contributed by atoms with Gasteiger partial charge in [-0.05, 0) is 63.3 Å². The first-order valence-corrected chi connectivity index (χ1v) is 15.0. The van der Waals surface area contributed by atoms with Crippen LogP contribution in [0.3, 0.4) is 0 Å². The Hall–Kier alpha value is -2.78. The molecular formula is C31H42N2O6S. The molecule has 9 heteroatoms. The highest BCUT2D eigenvalue weighted by molar-refractivity contribution is 8.02. The third-order valence-corrected chi connectivity index (χ3v) is 10.6. The molecule has 8 nitrogen and oxygen atoms in total. The molecule has 3 fully saturated rings. The summed E-state index contributed by atoms with van der Waals surface area (Å²) in [5.41, 5.74) is 0.699. The smallest absolute Gasteiger partial charge is 0.311 e. The summed E-state index contributed by atoms with van der Waals surface area (Å²) in [7, 11) is 1.59. The molecule has 1 aromatic carbocycles. The predicted molar refractivity (Wildman–Crippen MR) is 157 cm³/mol. The van der Waals surface area contributed by atoms with Crippen LogP contribution in [0.5, 0.6) is 5.75 Å².